The summed E-state index contributed by atoms with van der Waals surface area (Å²) in [6.07, 6.45) is 4.09. The van der Waals surface area contributed by atoms with Gasteiger partial charge in [0, 0.05) is 17.1 Å². The summed E-state index contributed by atoms with van der Waals surface area (Å²) in [5.41, 5.74) is 1.14. The Balaban J connectivity index is 1.98. The zero-order chi connectivity index (χ0) is 11.9. The van der Waals surface area contributed by atoms with Gasteiger partial charge in [-0.2, -0.15) is 0 Å². The molecule has 1 unspecified atom stereocenters. The summed E-state index contributed by atoms with van der Waals surface area (Å²) in [5, 5.41) is 5.64. The summed E-state index contributed by atoms with van der Waals surface area (Å²) >= 11 is 1.83. The second-order valence-corrected chi connectivity index (χ2v) is 5.02. The van der Waals surface area contributed by atoms with Gasteiger partial charge in [0.1, 0.15) is 0 Å². The molecule has 1 atom stereocenters. The number of hydrogen-bond acceptors (Lipinski definition) is 3. The van der Waals surface area contributed by atoms with Crippen LogP contribution < -0.4 is 5.32 Å². The van der Waals surface area contributed by atoms with Gasteiger partial charge < -0.3 is 5.32 Å². The van der Waals surface area contributed by atoms with Crippen molar-refractivity contribution in [2.24, 2.45) is 0 Å². The summed E-state index contributed by atoms with van der Waals surface area (Å²) in [7, 11) is 0. The van der Waals surface area contributed by atoms with Crippen molar-refractivity contribution in [3.63, 3.8) is 0 Å². The van der Waals surface area contributed by atoms with Crippen molar-refractivity contribution in [2.75, 3.05) is 6.54 Å². The fourth-order valence-corrected chi connectivity index (χ4v) is 2.65. The highest BCUT2D eigenvalue weighted by Crippen LogP contribution is 2.19. The maximum absolute atomic E-state index is 4.44. The van der Waals surface area contributed by atoms with Crippen LogP contribution in [-0.2, 0) is 6.42 Å². The molecule has 3 heteroatoms. The molecule has 0 fully saturated rings. The van der Waals surface area contributed by atoms with Gasteiger partial charge in [-0.3, -0.25) is 4.98 Å². The first-order chi connectivity index (χ1) is 8.40. The molecule has 0 aliphatic rings. The van der Waals surface area contributed by atoms with Crippen molar-refractivity contribution in [1.82, 2.24) is 10.3 Å². The molecule has 2 aromatic rings. The molecule has 0 bridgehead atoms. The van der Waals surface area contributed by atoms with E-state index < -0.39 is 0 Å². The molecule has 90 valence electrons. The van der Waals surface area contributed by atoms with E-state index in [1.807, 2.05) is 23.6 Å². The first-order valence-electron chi connectivity index (χ1n) is 6.07. The molecule has 0 radical (unpaired) electrons. The Morgan fingerprint density at radius 3 is 2.88 bits per heavy atom. The average Bonchev–Trinajstić information content (AvgIpc) is 2.88. The standard InChI is InChI=1S/C14H18N2S/c1-2-15-14(13-7-3-4-10-16-13)9-8-12-6-5-11-17-12/h3-7,10-11,14-15H,2,8-9H2,1H3. The smallest absolute Gasteiger partial charge is 0.0573 e. The van der Waals surface area contributed by atoms with Crippen LogP contribution in [0.15, 0.2) is 41.9 Å². The third kappa shape index (κ3) is 3.65. The van der Waals surface area contributed by atoms with E-state index in [1.54, 1.807) is 0 Å². The van der Waals surface area contributed by atoms with Gasteiger partial charge in [-0.05, 0) is 43.0 Å². The fraction of sp³-hybridized carbons (Fsp3) is 0.357. The Hall–Kier alpha value is -1.19. The molecule has 2 nitrogen and oxygen atoms in total. The van der Waals surface area contributed by atoms with Crippen molar-refractivity contribution < 1.29 is 0 Å². The minimum Gasteiger partial charge on any atom is -0.309 e. The van der Waals surface area contributed by atoms with Gasteiger partial charge >= 0.3 is 0 Å². The van der Waals surface area contributed by atoms with Gasteiger partial charge in [-0.25, -0.2) is 0 Å². The van der Waals surface area contributed by atoms with E-state index in [0.717, 1.165) is 25.1 Å². The highest BCUT2D eigenvalue weighted by Gasteiger charge is 2.11. The number of rotatable bonds is 6. The molecule has 17 heavy (non-hydrogen) atoms. The molecule has 0 spiro atoms. The lowest BCUT2D eigenvalue weighted by molar-refractivity contribution is 0.505. The highest BCUT2D eigenvalue weighted by atomic mass is 32.1. The number of hydrogen-bond donors (Lipinski definition) is 1. The monoisotopic (exact) mass is 246 g/mol. The largest absolute Gasteiger partial charge is 0.309 e. The Kier molecular flexibility index (Phi) is 4.71. The van der Waals surface area contributed by atoms with E-state index in [1.165, 1.54) is 4.88 Å². The zero-order valence-electron chi connectivity index (χ0n) is 10.1. The summed E-state index contributed by atoms with van der Waals surface area (Å²) in [6.45, 7) is 3.12. The lowest BCUT2D eigenvalue weighted by atomic mass is 10.1. The average molecular weight is 246 g/mol. The van der Waals surface area contributed by atoms with E-state index in [0.29, 0.717) is 6.04 Å². The van der Waals surface area contributed by atoms with Crippen LogP contribution in [0, 0.1) is 0 Å². The summed E-state index contributed by atoms with van der Waals surface area (Å²) in [4.78, 5) is 5.89. The van der Waals surface area contributed by atoms with Gasteiger partial charge in [0.05, 0.1) is 5.69 Å². The van der Waals surface area contributed by atoms with Crippen molar-refractivity contribution in [1.29, 1.82) is 0 Å². The molecule has 0 aliphatic heterocycles. The first-order valence-corrected chi connectivity index (χ1v) is 6.95. The Bertz CT molecular complexity index is 411. The molecule has 0 saturated heterocycles. The van der Waals surface area contributed by atoms with Crippen LogP contribution in [-0.4, -0.2) is 11.5 Å². The number of pyridine rings is 1. The Labute approximate surface area is 107 Å². The third-order valence-corrected chi connectivity index (χ3v) is 3.69. The molecule has 0 aliphatic carbocycles. The molecule has 0 aromatic carbocycles. The number of nitrogens with zero attached hydrogens (tertiary/aromatic N) is 1. The van der Waals surface area contributed by atoms with Crippen molar-refractivity contribution in [2.45, 2.75) is 25.8 Å². The van der Waals surface area contributed by atoms with E-state index in [2.05, 4.69) is 46.9 Å². The number of thiophene rings is 1. The van der Waals surface area contributed by atoms with Gasteiger partial charge in [-0.1, -0.05) is 19.1 Å². The maximum atomic E-state index is 4.44. The summed E-state index contributed by atoms with van der Waals surface area (Å²) in [6, 6.07) is 10.8. The maximum Gasteiger partial charge on any atom is 0.0573 e. The lowest BCUT2D eigenvalue weighted by Gasteiger charge is -2.16. The minimum absolute atomic E-state index is 0.364. The highest BCUT2D eigenvalue weighted by molar-refractivity contribution is 7.09. The van der Waals surface area contributed by atoms with Gasteiger partial charge in [-0.15, -0.1) is 11.3 Å². The fourth-order valence-electron chi connectivity index (χ4n) is 1.92. The van der Waals surface area contributed by atoms with Crippen molar-refractivity contribution in [3.05, 3.63) is 52.5 Å². The van der Waals surface area contributed by atoms with E-state index in [9.17, 15) is 0 Å². The van der Waals surface area contributed by atoms with E-state index in [4.69, 9.17) is 0 Å². The van der Waals surface area contributed by atoms with Crippen LogP contribution in [0.4, 0.5) is 0 Å². The zero-order valence-corrected chi connectivity index (χ0v) is 10.9. The van der Waals surface area contributed by atoms with Crippen LogP contribution >= 0.6 is 11.3 Å². The van der Waals surface area contributed by atoms with E-state index >= 15 is 0 Å². The molecule has 1 N–H and O–H groups in total. The molecule has 2 rings (SSSR count). The predicted molar refractivity (Wildman–Crippen MR) is 73.3 cm³/mol. The van der Waals surface area contributed by atoms with Crippen molar-refractivity contribution in [3.8, 4) is 0 Å². The second kappa shape index (κ2) is 6.52. The van der Waals surface area contributed by atoms with Crippen LogP contribution in [0.5, 0.6) is 0 Å². The molecule has 0 amide bonds. The molecule has 2 aromatic heterocycles. The summed E-state index contributed by atoms with van der Waals surface area (Å²) < 4.78 is 0. The molecule has 2 heterocycles. The quantitative estimate of drug-likeness (QED) is 0.844. The molecular formula is C14H18N2S. The number of aryl methyl sites for hydroxylation is 1. The topological polar surface area (TPSA) is 24.9 Å². The third-order valence-electron chi connectivity index (χ3n) is 2.75. The Morgan fingerprint density at radius 2 is 2.24 bits per heavy atom. The van der Waals surface area contributed by atoms with Gasteiger partial charge in [0.15, 0.2) is 0 Å². The normalized spacial score (nSPS) is 12.5. The van der Waals surface area contributed by atoms with E-state index in [-0.39, 0.29) is 0 Å². The predicted octanol–water partition coefficient (Wildman–Crippen LogP) is 3.43. The van der Waals surface area contributed by atoms with Crippen LogP contribution in [0.25, 0.3) is 0 Å². The molecule has 0 saturated carbocycles. The number of nitrogens with one attached hydrogen (secondary N) is 1. The molecular weight excluding hydrogens is 228 g/mol. The van der Waals surface area contributed by atoms with Gasteiger partial charge in [0.2, 0.25) is 0 Å². The van der Waals surface area contributed by atoms with Crippen molar-refractivity contribution >= 4 is 11.3 Å². The Morgan fingerprint density at radius 1 is 1.29 bits per heavy atom. The minimum atomic E-state index is 0.364. The van der Waals surface area contributed by atoms with Crippen LogP contribution in [0.1, 0.15) is 30.0 Å². The SMILES string of the molecule is CCNC(CCc1cccs1)c1ccccn1. The van der Waals surface area contributed by atoms with Crippen LogP contribution in [0.3, 0.4) is 0 Å². The first kappa shape index (κ1) is 12.3. The van der Waals surface area contributed by atoms with Crippen LogP contribution in [0.2, 0.25) is 0 Å². The lowest BCUT2D eigenvalue weighted by Crippen LogP contribution is -2.22. The van der Waals surface area contributed by atoms with Gasteiger partial charge in [0.25, 0.3) is 0 Å². The number of aromatic nitrogens is 1. The second-order valence-electron chi connectivity index (χ2n) is 3.98. The summed E-state index contributed by atoms with van der Waals surface area (Å²) in [5.74, 6) is 0.